The SMILES string of the molecule is CCCCCCc1ccc(-c2ccc3c(c2)sc2cc4c(cc23)sc2cc3cc5ccccc5cc3cc24)s1. The second kappa shape index (κ2) is 9.45. The van der Waals surface area contributed by atoms with Gasteiger partial charge in [0.25, 0.3) is 0 Å². The molecular weight excluding hydrogens is 529 g/mol. The molecule has 0 saturated heterocycles. The second-order valence-electron chi connectivity index (χ2n) is 10.7. The lowest BCUT2D eigenvalue weighted by Gasteiger charge is -2.03. The lowest BCUT2D eigenvalue weighted by molar-refractivity contribution is 0.670. The lowest BCUT2D eigenvalue weighted by Crippen LogP contribution is -1.80. The maximum absolute atomic E-state index is 2.44. The molecule has 0 spiro atoms. The van der Waals surface area contributed by atoms with Crippen LogP contribution in [0.2, 0.25) is 0 Å². The van der Waals surface area contributed by atoms with E-state index in [4.69, 9.17) is 0 Å². The van der Waals surface area contributed by atoms with Gasteiger partial charge in [0.15, 0.2) is 0 Å². The van der Waals surface area contributed by atoms with E-state index in [1.54, 1.807) is 0 Å². The van der Waals surface area contributed by atoms with Crippen molar-refractivity contribution in [2.24, 2.45) is 0 Å². The molecule has 5 aromatic carbocycles. The van der Waals surface area contributed by atoms with Crippen molar-refractivity contribution in [3.63, 3.8) is 0 Å². The third-order valence-corrected chi connectivity index (χ3v) is 11.5. The van der Waals surface area contributed by atoms with Crippen molar-refractivity contribution in [1.29, 1.82) is 0 Å². The predicted molar refractivity (Wildman–Crippen MR) is 178 cm³/mol. The molecule has 3 heteroatoms. The van der Waals surface area contributed by atoms with Crippen LogP contribution in [0.1, 0.15) is 37.5 Å². The molecule has 0 unspecified atom stereocenters. The first-order valence-electron chi connectivity index (χ1n) is 14.0. The first kappa shape index (κ1) is 23.6. The van der Waals surface area contributed by atoms with E-state index < -0.39 is 0 Å². The smallest absolute Gasteiger partial charge is 0.0362 e. The molecule has 0 fully saturated rings. The zero-order valence-electron chi connectivity index (χ0n) is 21.9. The molecule has 3 aromatic heterocycles. The highest BCUT2D eigenvalue weighted by Gasteiger charge is 2.13. The molecule has 39 heavy (non-hydrogen) atoms. The first-order valence-corrected chi connectivity index (χ1v) is 16.4. The summed E-state index contributed by atoms with van der Waals surface area (Å²) < 4.78 is 5.53. The number of thiophene rings is 3. The quantitative estimate of drug-likeness (QED) is 0.141. The number of aryl methyl sites for hydroxylation is 1. The van der Waals surface area contributed by atoms with Crippen molar-refractivity contribution >= 4 is 95.9 Å². The average Bonchev–Trinajstić information content (AvgIpc) is 3.66. The monoisotopic (exact) mass is 556 g/mol. The number of hydrogen-bond acceptors (Lipinski definition) is 3. The fraction of sp³-hybridized carbons (Fsp3) is 0.167. The van der Waals surface area contributed by atoms with E-state index in [1.165, 1.54) is 109 Å². The molecule has 0 aliphatic rings. The van der Waals surface area contributed by atoms with Gasteiger partial charge >= 0.3 is 0 Å². The summed E-state index contributed by atoms with van der Waals surface area (Å²) in [4.78, 5) is 2.91. The predicted octanol–water partition coefficient (Wildman–Crippen LogP) is 12.6. The fourth-order valence-electron chi connectivity index (χ4n) is 6.03. The van der Waals surface area contributed by atoms with E-state index >= 15 is 0 Å². The largest absolute Gasteiger partial charge is 0.140 e. The second-order valence-corrected chi connectivity index (χ2v) is 14.1. The van der Waals surface area contributed by atoms with Crippen LogP contribution in [-0.4, -0.2) is 0 Å². The van der Waals surface area contributed by atoms with Gasteiger partial charge in [-0.05, 0) is 94.5 Å². The molecule has 0 radical (unpaired) electrons. The van der Waals surface area contributed by atoms with Crippen molar-refractivity contribution < 1.29 is 0 Å². The Morgan fingerprint density at radius 1 is 0.487 bits per heavy atom. The van der Waals surface area contributed by atoms with Crippen molar-refractivity contribution in [3.8, 4) is 10.4 Å². The molecule has 8 rings (SSSR count). The molecule has 0 aliphatic heterocycles. The Bertz CT molecular complexity index is 2170. The van der Waals surface area contributed by atoms with Gasteiger partial charge in [-0.3, -0.25) is 0 Å². The van der Waals surface area contributed by atoms with E-state index in [0.29, 0.717) is 0 Å². The topological polar surface area (TPSA) is 0 Å². The summed E-state index contributed by atoms with van der Waals surface area (Å²) in [7, 11) is 0. The van der Waals surface area contributed by atoms with E-state index in [1.807, 2.05) is 34.0 Å². The minimum Gasteiger partial charge on any atom is -0.140 e. The Balaban J connectivity index is 1.20. The van der Waals surface area contributed by atoms with Gasteiger partial charge in [0.2, 0.25) is 0 Å². The Morgan fingerprint density at radius 3 is 1.92 bits per heavy atom. The van der Waals surface area contributed by atoms with E-state index in [2.05, 4.69) is 97.9 Å². The summed E-state index contributed by atoms with van der Waals surface area (Å²) >= 11 is 5.84. The molecule has 3 heterocycles. The molecule has 190 valence electrons. The third kappa shape index (κ3) is 4.07. The van der Waals surface area contributed by atoms with Crippen molar-refractivity contribution in [2.45, 2.75) is 39.0 Å². The summed E-state index contributed by atoms with van der Waals surface area (Å²) in [6.07, 6.45) is 6.51. The van der Waals surface area contributed by atoms with Gasteiger partial charge in [-0.2, -0.15) is 0 Å². The van der Waals surface area contributed by atoms with Crippen molar-refractivity contribution in [2.75, 3.05) is 0 Å². The highest BCUT2D eigenvalue weighted by Crippen LogP contribution is 2.44. The van der Waals surface area contributed by atoms with Crippen LogP contribution in [0.4, 0.5) is 0 Å². The van der Waals surface area contributed by atoms with Crippen LogP contribution in [0.3, 0.4) is 0 Å². The Hall–Kier alpha value is -3.24. The third-order valence-electron chi connectivity index (χ3n) is 8.11. The molecule has 0 atom stereocenters. The molecular formula is C36H28S3. The zero-order chi connectivity index (χ0) is 25.9. The molecule has 0 N–H and O–H groups in total. The summed E-state index contributed by atoms with van der Waals surface area (Å²) in [6, 6.07) is 34.8. The number of fused-ring (bicyclic) bond motifs is 8. The Morgan fingerprint density at radius 2 is 1.15 bits per heavy atom. The van der Waals surface area contributed by atoms with Gasteiger partial charge in [-0.15, -0.1) is 34.0 Å². The Kier molecular flexibility index (Phi) is 5.72. The highest BCUT2D eigenvalue weighted by atomic mass is 32.1. The van der Waals surface area contributed by atoms with E-state index in [0.717, 1.165) is 0 Å². The van der Waals surface area contributed by atoms with Crippen molar-refractivity contribution in [1.82, 2.24) is 0 Å². The average molecular weight is 557 g/mol. The number of unbranched alkanes of at least 4 members (excludes halogenated alkanes) is 3. The Labute approximate surface area is 240 Å². The number of rotatable bonds is 6. The summed E-state index contributed by atoms with van der Waals surface area (Å²) in [5.74, 6) is 0. The standard InChI is InChI=1S/C36H28S3/c1-2-3-4-5-10-27-12-14-32(37-27)24-11-13-28-30-20-36-31(21-35(30)38-33(28)18-24)29-17-25-15-22-8-6-7-9-23(22)16-26(25)19-34(29)39-36/h6-9,11-21H,2-5,10H2,1H3. The fourth-order valence-corrected chi connectivity index (χ4v) is 9.40. The molecule has 0 saturated carbocycles. The van der Waals surface area contributed by atoms with Gasteiger partial charge in [0.1, 0.15) is 0 Å². The van der Waals surface area contributed by atoms with Crippen LogP contribution in [0.15, 0.2) is 91.0 Å². The van der Waals surface area contributed by atoms with Crippen LogP contribution in [0.25, 0.3) is 72.3 Å². The molecule has 0 aliphatic carbocycles. The van der Waals surface area contributed by atoms with Crippen LogP contribution in [0, 0.1) is 0 Å². The molecule has 0 bridgehead atoms. The van der Waals surface area contributed by atoms with Gasteiger partial charge in [0, 0.05) is 50.1 Å². The van der Waals surface area contributed by atoms with E-state index in [9.17, 15) is 0 Å². The minimum atomic E-state index is 1.21. The normalized spacial score (nSPS) is 12.2. The maximum atomic E-state index is 2.44. The van der Waals surface area contributed by atoms with Gasteiger partial charge in [-0.25, -0.2) is 0 Å². The number of benzene rings is 5. The van der Waals surface area contributed by atoms with Crippen molar-refractivity contribution in [3.05, 3.63) is 95.9 Å². The van der Waals surface area contributed by atoms with Gasteiger partial charge < -0.3 is 0 Å². The molecule has 0 nitrogen and oxygen atoms in total. The van der Waals surface area contributed by atoms with Gasteiger partial charge in [-0.1, -0.05) is 62.6 Å². The van der Waals surface area contributed by atoms with Crippen LogP contribution >= 0.6 is 34.0 Å². The highest BCUT2D eigenvalue weighted by molar-refractivity contribution is 7.27. The summed E-state index contributed by atoms with van der Waals surface area (Å²) in [5, 5.41) is 10.8. The maximum Gasteiger partial charge on any atom is 0.0362 e. The lowest BCUT2D eigenvalue weighted by atomic mass is 10.0. The molecule has 0 amide bonds. The summed E-state index contributed by atoms with van der Waals surface area (Å²) in [6.45, 7) is 2.28. The minimum absolute atomic E-state index is 1.21. The van der Waals surface area contributed by atoms with Gasteiger partial charge in [0.05, 0.1) is 0 Å². The van der Waals surface area contributed by atoms with Crippen LogP contribution in [0.5, 0.6) is 0 Å². The summed E-state index contributed by atoms with van der Waals surface area (Å²) in [5.41, 5.74) is 1.35. The van der Waals surface area contributed by atoms with Crippen LogP contribution < -0.4 is 0 Å². The number of hydrogen-bond donors (Lipinski definition) is 0. The first-order chi connectivity index (χ1) is 19.2. The van der Waals surface area contributed by atoms with E-state index in [-0.39, 0.29) is 0 Å². The van der Waals surface area contributed by atoms with Crippen LogP contribution in [-0.2, 0) is 6.42 Å². The molecule has 8 aromatic rings. The zero-order valence-corrected chi connectivity index (χ0v) is 24.4.